The second-order valence-electron chi connectivity index (χ2n) is 7.76. The topological polar surface area (TPSA) is 86.8 Å². The summed E-state index contributed by atoms with van der Waals surface area (Å²) in [5.41, 5.74) is 0.715. The van der Waals surface area contributed by atoms with Gasteiger partial charge in [0, 0.05) is 23.1 Å². The molecule has 1 N–H and O–H groups in total. The van der Waals surface area contributed by atoms with E-state index in [-0.39, 0.29) is 28.2 Å². The van der Waals surface area contributed by atoms with Crippen LogP contribution >= 0.6 is 23.2 Å². The molecule has 0 aromatic heterocycles. The van der Waals surface area contributed by atoms with E-state index in [2.05, 4.69) is 5.32 Å². The third-order valence-corrected chi connectivity index (χ3v) is 6.59. The molecule has 1 unspecified atom stereocenters. The molecule has 0 saturated carbocycles. The lowest BCUT2D eigenvalue weighted by Crippen LogP contribution is -2.52. The lowest BCUT2D eigenvalue weighted by Gasteiger charge is -2.33. The Kier molecular flexibility index (Phi) is 10.1. The molecule has 0 bridgehead atoms. The number of benzene rings is 2. The molecule has 0 spiro atoms. The molecule has 0 saturated heterocycles. The number of halogens is 3. The molecule has 2 aromatic carbocycles. The summed E-state index contributed by atoms with van der Waals surface area (Å²) in [6.07, 6.45) is 1.97. The smallest absolute Gasteiger partial charge is 0.244 e. The zero-order chi connectivity index (χ0) is 25.5. The van der Waals surface area contributed by atoms with Gasteiger partial charge in [0.15, 0.2) is 0 Å². The fraction of sp³-hybridized carbons (Fsp3) is 0.391. The first-order chi connectivity index (χ1) is 16.0. The maximum absolute atomic E-state index is 13.5. The molecule has 186 valence electrons. The van der Waals surface area contributed by atoms with Gasteiger partial charge in [0.2, 0.25) is 21.8 Å². The minimum atomic E-state index is -3.91. The molecule has 0 aliphatic rings. The SMILES string of the molecule is CCCNC(=O)C(CC)N(Cc1ccc(F)cc1)C(=O)CN(c1cc(Cl)cc(Cl)c1)S(C)(=O)=O. The van der Waals surface area contributed by atoms with E-state index in [1.807, 2.05) is 6.92 Å². The van der Waals surface area contributed by atoms with Crippen LogP contribution in [0.4, 0.5) is 10.1 Å². The van der Waals surface area contributed by atoms with E-state index in [0.717, 1.165) is 10.6 Å². The Morgan fingerprint density at radius 3 is 2.15 bits per heavy atom. The molecule has 0 heterocycles. The number of nitrogens with zero attached hydrogens (tertiary/aromatic N) is 2. The second-order valence-corrected chi connectivity index (χ2v) is 10.5. The highest BCUT2D eigenvalue weighted by Gasteiger charge is 2.31. The van der Waals surface area contributed by atoms with Crippen LogP contribution in [0.25, 0.3) is 0 Å². The molecular formula is C23H28Cl2FN3O4S. The van der Waals surface area contributed by atoms with Gasteiger partial charge in [-0.15, -0.1) is 0 Å². The van der Waals surface area contributed by atoms with Crippen molar-refractivity contribution in [2.75, 3.05) is 23.7 Å². The normalized spacial score (nSPS) is 12.2. The number of nitrogens with one attached hydrogen (secondary N) is 1. The van der Waals surface area contributed by atoms with E-state index in [0.29, 0.717) is 24.9 Å². The standard InChI is InChI=1S/C23H28Cl2FN3O4S/c1-4-10-27-23(31)21(5-2)28(14-16-6-8-19(26)9-7-16)22(30)15-29(34(3,32)33)20-12-17(24)11-18(25)13-20/h6-9,11-13,21H,4-5,10,14-15H2,1-3H3,(H,27,31). The molecule has 0 fully saturated rings. The maximum Gasteiger partial charge on any atom is 0.244 e. The van der Waals surface area contributed by atoms with Gasteiger partial charge in [-0.25, -0.2) is 12.8 Å². The molecule has 2 aromatic rings. The second kappa shape index (κ2) is 12.4. The van der Waals surface area contributed by atoms with Crippen molar-refractivity contribution >= 4 is 50.7 Å². The van der Waals surface area contributed by atoms with Crippen molar-refractivity contribution in [1.29, 1.82) is 0 Å². The van der Waals surface area contributed by atoms with E-state index in [1.54, 1.807) is 6.92 Å². The van der Waals surface area contributed by atoms with Gasteiger partial charge >= 0.3 is 0 Å². The number of hydrogen-bond donors (Lipinski definition) is 1. The summed E-state index contributed by atoms with van der Waals surface area (Å²) >= 11 is 12.1. The summed E-state index contributed by atoms with van der Waals surface area (Å²) in [5.74, 6) is -1.39. The first-order valence-electron chi connectivity index (χ1n) is 10.7. The van der Waals surface area contributed by atoms with Crippen LogP contribution < -0.4 is 9.62 Å². The summed E-state index contributed by atoms with van der Waals surface area (Å²) in [7, 11) is -3.91. The summed E-state index contributed by atoms with van der Waals surface area (Å²) in [6.45, 7) is 3.51. The van der Waals surface area contributed by atoms with Crippen molar-refractivity contribution in [1.82, 2.24) is 10.2 Å². The quantitative estimate of drug-likeness (QED) is 0.469. The summed E-state index contributed by atoms with van der Waals surface area (Å²) in [6, 6.07) is 8.90. The molecule has 0 radical (unpaired) electrons. The molecule has 2 amide bonds. The molecule has 1 atom stereocenters. The minimum Gasteiger partial charge on any atom is -0.354 e. The summed E-state index contributed by atoms with van der Waals surface area (Å²) in [4.78, 5) is 27.6. The minimum absolute atomic E-state index is 0.00886. The highest BCUT2D eigenvalue weighted by Crippen LogP contribution is 2.27. The van der Waals surface area contributed by atoms with E-state index in [1.165, 1.54) is 47.4 Å². The van der Waals surface area contributed by atoms with Gasteiger partial charge in [-0.05, 0) is 48.7 Å². The van der Waals surface area contributed by atoms with Gasteiger partial charge in [-0.3, -0.25) is 13.9 Å². The molecule has 0 aliphatic heterocycles. The zero-order valence-electron chi connectivity index (χ0n) is 19.2. The van der Waals surface area contributed by atoms with Crippen LogP contribution in [0.5, 0.6) is 0 Å². The van der Waals surface area contributed by atoms with Crippen LogP contribution in [0.2, 0.25) is 10.0 Å². The number of carbonyl (C=O) groups excluding carboxylic acids is 2. The van der Waals surface area contributed by atoms with Gasteiger partial charge in [0.05, 0.1) is 11.9 Å². The van der Waals surface area contributed by atoms with Crippen molar-refractivity contribution in [3.05, 3.63) is 63.9 Å². The van der Waals surface area contributed by atoms with E-state index in [4.69, 9.17) is 23.2 Å². The van der Waals surface area contributed by atoms with Crippen molar-refractivity contribution < 1.29 is 22.4 Å². The molecule has 0 aliphatic carbocycles. The van der Waals surface area contributed by atoms with Crippen molar-refractivity contribution in [2.24, 2.45) is 0 Å². The Morgan fingerprint density at radius 2 is 1.65 bits per heavy atom. The van der Waals surface area contributed by atoms with E-state index >= 15 is 0 Å². The van der Waals surface area contributed by atoms with E-state index < -0.39 is 34.3 Å². The molecule has 11 heteroatoms. The lowest BCUT2D eigenvalue weighted by atomic mass is 10.1. The van der Waals surface area contributed by atoms with Gasteiger partial charge < -0.3 is 10.2 Å². The van der Waals surface area contributed by atoms with Gasteiger partial charge in [-0.1, -0.05) is 49.2 Å². The van der Waals surface area contributed by atoms with Crippen molar-refractivity contribution in [3.63, 3.8) is 0 Å². The number of carbonyl (C=O) groups is 2. The number of anilines is 1. The largest absolute Gasteiger partial charge is 0.354 e. The van der Waals surface area contributed by atoms with Crippen LogP contribution in [0.15, 0.2) is 42.5 Å². The number of sulfonamides is 1. The third-order valence-electron chi connectivity index (χ3n) is 5.02. The third kappa shape index (κ3) is 7.85. The molecular weight excluding hydrogens is 504 g/mol. The van der Waals surface area contributed by atoms with Crippen LogP contribution in [0.1, 0.15) is 32.3 Å². The van der Waals surface area contributed by atoms with Crippen molar-refractivity contribution in [2.45, 2.75) is 39.3 Å². The number of amides is 2. The average molecular weight is 532 g/mol. The molecule has 2 rings (SSSR count). The molecule has 7 nitrogen and oxygen atoms in total. The number of hydrogen-bond acceptors (Lipinski definition) is 4. The van der Waals surface area contributed by atoms with Crippen LogP contribution in [0, 0.1) is 5.82 Å². The Morgan fingerprint density at radius 1 is 1.06 bits per heavy atom. The summed E-state index contributed by atoms with van der Waals surface area (Å²) < 4.78 is 39.4. The first kappa shape index (κ1) is 27.9. The van der Waals surface area contributed by atoms with Gasteiger partial charge in [0.25, 0.3) is 0 Å². The molecule has 34 heavy (non-hydrogen) atoms. The first-order valence-corrected chi connectivity index (χ1v) is 13.3. The highest BCUT2D eigenvalue weighted by molar-refractivity contribution is 7.92. The van der Waals surface area contributed by atoms with Gasteiger partial charge in [0.1, 0.15) is 18.4 Å². The number of rotatable bonds is 11. The predicted molar refractivity (Wildman–Crippen MR) is 133 cm³/mol. The monoisotopic (exact) mass is 531 g/mol. The van der Waals surface area contributed by atoms with E-state index in [9.17, 15) is 22.4 Å². The Hall–Kier alpha value is -2.36. The van der Waals surface area contributed by atoms with Crippen LogP contribution in [-0.2, 0) is 26.2 Å². The summed E-state index contributed by atoms with van der Waals surface area (Å²) in [5, 5.41) is 3.20. The Labute approximate surface area is 209 Å². The fourth-order valence-electron chi connectivity index (χ4n) is 3.37. The lowest BCUT2D eigenvalue weighted by molar-refractivity contribution is -0.140. The zero-order valence-corrected chi connectivity index (χ0v) is 21.6. The van der Waals surface area contributed by atoms with Crippen LogP contribution in [-0.4, -0.2) is 50.5 Å². The average Bonchev–Trinajstić information content (AvgIpc) is 2.75. The predicted octanol–water partition coefficient (Wildman–Crippen LogP) is 4.23. The Balaban J connectivity index is 2.44. The van der Waals surface area contributed by atoms with Crippen LogP contribution in [0.3, 0.4) is 0 Å². The fourth-order valence-corrected chi connectivity index (χ4v) is 4.72. The highest BCUT2D eigenvalue weighted by atomic mass is 35.5. The Bertz CT molecular complexity index is 1090. The van der Waals surface area contributed by atoms with Crippen molar-refractivity contribution in [3.8, 4) is 0 Å². The maximum atomic E-state index is 13.5. The van der Waals surface area contributed by atoms with Gasteiger partial charge in [-0.2, -0.15) is 0 Å².